The van der Waals surface area contributed by atoms with E-state index >= 15 is 0 Å². The predicted molar refractivity (Wildman–Crippen MR) is 138 cm³/mol. The maximum Gasteiger partial charge on any atom is 0.312 e. The molecule has 35 heavy (non-hydrogen) atoms. The number of esters is 1. The van der Waals surface area contributed by atoms with Crippen LogP contribution in [0.3, 0.4) is 0 Å². The van der Waals surface area contributed by atoms with Crippen LogP contribution in [0.15, 0.2) is 18.2 Å². The highest BCUT2D eigenvalue weighted by atomic mass is 35.5. The van der Waals surface area contributed by atoms with Gasteiger partial charge in [-0.1, -0.05) is 65.3 Å². The molecule has 0 heterocycles. The zero-order valence-corrected chi connectivity index (χ0v) is 23.1. The number of benzene rings is 1. The summed E-state index contributed by atoms with van der Waals surface area (Å²) in [6, 6.07) is 6.28. The highest BCUT2D eigenvalue weighted by Gasteiger charge is 2.73. The summed E-state index contributed by atoms with van der Waals surface area (Å²) in [4.78, 5) is 25.3. The summed E-state index contributed by atoms with van der Waals surface area (Å²) in [6.07, 6.45) is 3.37. The normalized spacial score (nSPS) is 31.6. The molecule has 4 fully saturated rings. The Bertz CT molecular complexity index is 993. The van der Waals surface area contributed by atoms with Gasteiger partial charge in [0.15, 0.2) is 0 Å². The number of nitrogens with one attached hydrogen (secondary N) is 1. The molecule has 0 saturated heterocycles. The Labute approximate surface area is 215 Å². The number of hydrogen-bond donors (Lipinski definition) is 2. The first-order chi connectivity index (χ1) is 16.2. The van der Waals surface area contributed by atoms with E-state index in [4.69, 9.17) is 16.3 Å². The number of ether oxygens (including phenoxy) is 1. The first-order valence-electron chi connectivity index (χ1n) is 13.0. The van der Waals surface area contributed by atoms with E-state index in [1.165, 1.54) is 12.7 Å². The Hall–Kier alpha value is -1.59. The topological polar surface area (TPSA) is 75.6 Å². The third-order valence-electron chi connectivity index (χ3n) is 9.36. The molecule has 1 unspecified atom stereocenters. The first-order valence-corrected chi connectivity index (χ1v) is 13.4. The minimum absolute atomic E-state index is 0.00780. The largest absolute Gasteiger partial charge is 0.469 e. The van der Waals surface area contributed by atoms with Crippen molar-refractivity contribution < 1.29 is 19.4 Å². The van der Waals surface area contributed by atoms with Crippen LogP contribution in [0.2, 0.25) is 5.02 Å². The summed E-state index contributed by atoms with van der Waals surface area (Å²) in [6.45, 7) is 13.1. The molecule has 1 amide bonds. The molecule has 4 aliphatic rings. The highest BCUT2D eigenvalue weighted by molar-refractivity contribution is 6.31. The van der Waals surface area contributed by atoms with E-state index in [-0.39, 0.29) is 47.7 Å². The lowest BCUT2D eigenvalue weighted by Gasteiger charge is -2.68. The zero-order chi connectivity index (χ0) is 26.0. The van der Waals surface area contributed by atoms with Crippen LogP contribution in [0.25, 0.3) is 0 Å². The maximum atomic E-state index is 13.3. The Morgan fingerprint density at radius 2 is 1.83 bits per heavy atom. The lowest BCUT2D eigenvalue weighted by molar-refractivity contribution is -0.203. The molecule has 0 radical (unpaired) electrons. The van der Waals surface area contributed by atoms with Crippen LogP contribution in [-0.2, 0) is 19.7 Å². The highest BCUT2D eigenvalue weighted by Crippen LogP contribution is 2.67. The van der Waals surface area contributed by atoms with Gasteiger partial charge in [0.2, 0.25) is 5.91 Å². The van der Waals surface area contributed by atoms with Crippen molar-refractivity contribution in [3.63, 3.8) is 0 Å². The van der Waals surface area contributed by atoms with Gasteiger partial charge in [-0.25, -0.2) is 0 Å². The van der Waals surface area contributed by atoms with Gasteiger partial charge >= 0.3 is 5.97 Å². The van der Waals surface area contributed by atoms with Crippen molar-refractivity contribution in [3.05, 3.63) is 34.3 Å². The van der Waals surface area contributed by atoms with Crippen molar-refractivity contribution in [2.24, 2.45) is 28.6 Å². The molecule has 1 aromatic carbocycles. The molecule has 2 N–H and O–H groups in total. The van der Waals surface area contributed by atoms with Crippen molar-refractivity contribution >= 4 is 23.5 Å². The Morgan fingerprint density at radius 3 is 2.29 bits per heavy atom. The molecule has 0 aliphatic heterocycles. The second kappa shape index (κ2) is 8.76. The molecule has 0 aromatic heterocycles. The van der Waals surface area contributed by atoms with E-state index in [1.54, 1.807) is 0 Å². The van der Waals surface area contributed by atoms with Crippen LogP contribution >= 0.6 is 11.6 Å². The quantitative estimate of drug-likeness (QED) is 0.429. The maximum absolute atomic E-state index is 13.3. The first kappa shape index (κ1) is 26.5. The van der Waals surface area contributed by atoms with Crippen LogP contribution in [-0.4, -0.2) is 36.2 Å². The molecule has 5 rings (SSSR count). The van der Waals surface area contributed by atoms with Crippen LogP contribution in [0.5, 0.6) is 0 Å². The van der Waals surface area contributed by atoms with E-state index in [9.17, 15) is 14.7 Å². The second-order valence-corrected chi connectivity index (χ2v) is 13.7. The fourth-order valence-electron chi connectivity index (χ4n) is 7.30. The number of amides is 1. The van der Waals surface area contributed by atoms with Crippen molar-refractivity contribution in [2.45, 2.75) is 90.5 Å². The molecule has 6 heteroatoms. The van der Waals surface area contributed by atoms with Gasteiger partial charge in [0, 0.05) is 29.0 Å². The number of halogens is 1. The molecular formula is C29H42ClNO4. The Kier molecular flexibility index (Phi) is 6.63. The van der Waals surface area contributed by atoms with Crippen molar-refractivity contribution in [1.29, 1.82) is 0 Å². The number of methoxy groups -OCH3 is 1. The van der Waals surface area contributed by atoms with Crippen LogP contribution < -0.4 is 5.32 Å². The predicted octanol–water partition coefficient (Wildman–Crippen LogP) is 5.61. The molecule has 194 valence electrons. The summed E-state index contributed by atoms with van der Waals surface area (Å²) in [5.74, 6) is 0.981. The third kappa shape index (κ3) is 4.52. The van der Waals surface area contributed by atoms with E-state index < -0.39 is 10.8 Å². The van der Waals surface area contributed by atoms with Crippen molar-refractivity contribution in [1.82, 2.24) is 5.32 Å². The summed E-state index contributed by atoms with van der Waals surface area (Å²) < 4.78 is 4.93. The van der Waals surface area contributed by atoms with E-state index in [0.29, 0.717) is 31.1 Å². The Morgan fingerprint density at radius 1 is 1.20 bits per heavy atom. The lowest BCUT2D eigenvalue weighted by Crippen LogP contribution is -2.77. The van der Waals surface area contributed by atoms with E-state index in [1.807, 2.05) is 6.07 Å². The number of aliphatic hydroxyl groups is 1. The van der Waals surface area contributed by atoms with Gasteiger partial charge in [-0.05, 0) is 72.0 Å². The number of hydrogen-bond acceptors (Lipinski definition) is 4. The van der Waals surface area contributed by atoms with Gasteiger partial charge in [-0.15, -0.1) is 0 Å². The average molecular weight is 504 g/mol. The summed E-state index contributed by atoms with van der Waals surface area (Å²) in [5.41, 5.74) is 1.18. The van der Waals surface area contributed by atoms with Gasteiger partial charge in [0.25, 0.3) is 0 Å². The van der Waals surface area contributed by atoms with Crippen molar-refractivity contribution in [3.8, 4) is 0 Å². The smallest absolute Gasteiger partial charge is 0.312 e. The van der Waals surface area contributed by atoms with E-state index in [0.717, 1.165) is 17.0 Å². The van der Waals surface area contributed by atoms with E-state index in [2.05, 4.69) is 59.0 Å². The minimum Gasteiger partial charge on any atom is -0.469 e. The average Bonchev–Trinajstić information content (AvgIpc) is 3.50. The second-order valence-electron chi connectivity index (χ2n) is 13.3. The minimum atomic E-state index is -0.578. The molecule has 4 aliphatic carbocycles. The molecule has 5 nitrogen and oxygen atoms in total. The Balaban J connectivity index is 1.53. The van der Waals surface area contributed by atoms with Gasteiger partial charge in [0.1, 0.15) is 0 Å². The monoisotopic (exact) mass is 503 g/mol. The lowest BCUT2D eigenvalue weighted by atomic mass is 9.39. The number of carbonyl (C=O) groups excluding carboxylic acids is 2. The molecular weight excluding hydrogens is 462 g/mol. The number of carbonyl (C=O) groups is 2. The molecule has 4 atom stereocenters. The molecule has 2 bridgehead atoms. The van der Waals surface area contributed by atoms with Crippen LogP contribution in [0.1, 0.15) is 90.7 Å². The molecule has 1 aromatic rings. The van der Waals surface area contributed by atoms with Gasteiger partial charge in [-0.3, -0.25) is 9.59 Å². The number of rotatable bonds is 9. The number of aliphatic hydroxyl groups excluding tert-OH is 1. The molecule has 4 saturated carbocycles. The van der Waals surface area contributed by atoms with Crippen molar-refractivity contribution in [2.75, 3.05) is 13.7 Å². The fraction of sp³-hybridized carbons (Fsp3) is 0.724. The van der Waals surface area contributed by atoms with Gasteiger partial charge in [-0.2, -0.15) is 0 Å². The van der Waals surface area contributed by atoms with Crippen LogP contribution in [0, 0.1) is 28.6 Å². The summed E-state index contributed by atoms with van der Waals surface area (Å²) >= 11 is 6.85. The van der Waals surface area contributed by atoms with Gasteiger partial charge < -0.3 is 15.2 Å². The van der Waals surface area contributed by atoms with Gasteiger partial charge in [0.05, 0.1) is 12.5 Å². The zero-order valence-electron chi connectivity index (χ0n) is 22.3. The van der Waals surface area contributed by atoms with Crippen LogP contribution in [0.4, 0.5) is 0 Å². The third-order valence-corrected chi connectivity index (χ3v) is 9.69. The SMILES string of the molecule is COC(=O)C12CC(NC(=O)C[C@@](C)(c3ccc([C@@H]4C[C@H]4C(C)(C)C)c(Cl)c3)C(CO)C(C)C)(C1)C2. The molecule has 0 spiro atoms. The fourth-order valence-corrected chi connectivity index (χ4v) is 7.62. The standard InChI is InChI=1S/C29H42ClNO4/c1-17(2)22(13-32)27(6,12-24(33)31-29-14-28(15-29,16-29)25(34)35-7)18-8-9-19(23(30)10-18)20-11-21(20)26(3,4)5/h8-10,17,20-22,32H,11-16H2,1-7H3,(H,31,33)/t20-,21+,22?,27-,28?,29?/m0/s1. The summed E-state index contributed by atoms with van der Waals surface area (Å²) in [5, 5.41) is 14.3. The summed E-state index contributed by atoms with van der Waals surface area (Å²) in [7, 11) is 1.42.